The van der Waals surface area contributed by atoms with Gasteiger partial charge in [-0.25, -0.2) is 0 Å². The van der Waals surface area contributed by atoms with Crippen LogP contribution in [0.5, 0.6) is 0 Å². The van der Waals surface area contributed by atoms with Crippen LogP contribution in [0.3, 0.4) is 0 Å². The molecule has 1 amide bonds. The van der Waals surface area contributed by atoms with Crippen molar-refractivity contribution in [3.05, 3.63) is 47.4 Å². The Labute approximate surface area is 124 Å². The first-order chi connectivity index (χ1) is 10.1. The molecule has 4 nitrogen and oxygen atoms in total. The van der Waals surface area contributed by atoms with Gasteiger partial charge in [-0.05, 0) is 44.9 Å². The maximum Gasteiger partial charge on any atom is 0.259 e. The molecule has 0 aliphatic carbocycles. The number of nitrogens with one attached hydrogen (secondary N) is 1. The Morgan fingerprint density at radius 3 is 2.57 bits per heavy atom. The molecule has 110 valence electrons. The van der Waals surface area contributed by atoms with Crippen molar-refractivity contribution in [3.8, 4) is 0 Å². The van der Waals surface area contributed by atoms with Gasteiger partial charge in [0.25, 0.3) is 5.91 Å². The van der Waals surface area contributed by atoms with E-state index in [0.29, 0.717) is 11.3 Å². The molecule has 1 aliphatic rings. The summed E-state index contributed by atoms with van der Waals surface area (Å²) in [6.07, 6.45) is 2.42. The summed E-state index contributed by atoms with van der Waals surface area (Å²) in [4.78, 5) is 14.7. The Balaban J connectivity index is 1.84. The van der Waals surface area contributed by atoms with E-state index in [0.717, 1.165) is 30.2 Å². The molecule has 0 bridgehead atoms. The number of anilines is 2. The van der Waals surface area contributed by atoms with Crippen LogP contribution in [0.25, 0.3) is 0 Å². The molecule has 4 heteroatoms. The van der Waals surface area contributed by atoms with Gasteiger partial charge >= 0.3 is 0 Å². The Morgan fingerprint density at radius 1 is 1.19 bits per heavy atom. The summed E-state index contributed by atoms with van der Waals surface area (Å²) in [5.41, 5.74) is 2.56. The van der Waals surface area contributed by atoms with E-state index in [1.165, 1.54) is 12.8 Å². The van der Waals surface area contributed by atoms with Gasteiger partial charge in [-0.1, -0.05) is 12.1 Å². The van der Waals surface area contributed by atoms with Crippen LogP contribution in [0.4, 0.5) is 11.4 Å². The van der Waals surface area contributed by atoms with E-state index in [9.17, 15) is 4.79 Å². The number of nitrogens with zero attached hydrogens (tertiary/aromatic N) is 1. The molecular weight excluding hydrogens is 264 g/mol. The van der Waals surface area contributed by atoms with Crippen molar-refractivity contribution in [2.24, 2.45) is 0 Å². The molecule has 21 heavy (non-hydrogen) atoms. The maximum absolute atomic E-state index is 12.4. The van der Waals surface area contributed by atoms with Crippen LogP contribution in [0.15, 0.2) is 34.7 Å². The summed E-state index contributed by atoms with van der Waals surface area (Å²) in [6.45, 7) is 5.77. The Hall–Kier alpha value is -2.23. The fourth-order valence-corrected chi connectivity index (χ4v) is 2.86. The summed E-state index contributed by atoms with van der Waals surface area (Å²) in [6, 6.07) is 9.75. The van der Waals surface area contributed by atoms with Crippen molar-refractivity contribution in [2.75, 3.05) is 23.3 Å². The van der Waals surface area contributed by atoms with Gasteiger partial charge in [0.15, 0.2) is 0 Å². The van der Waals surface area contributed by atoms with E-state index < -0.39 is 0 Å². The predicted molar refractivity (Wildman–Crippen MR) is 84.0 cm³/mol. The first kappa shape index (κ1) is 13.7. The molecule has 0 radical (unpaired) electrons. The SMILES string of the molecule is Cc1cc(C(=O)Nc2ccccc2N2CCCC2)c(C)o1. The van der Waals surface area contributed by atoms with Crippen molar-refractivity contribution >= 4 is 17.3 Å². The number of benzene rings is 1. The Morgan fingerprint density at radius 2 is 1.90 bits per heavy atom. The van der Waals surface area contributed by atoms with Gasteiger partial charge in [-0.3, -0.25) is 4.79 Å². The highest BCUT2D eigenvalue weighted by Gasteiger charge is 2.18. The average Bonchev–Trinajstić information content (AvgIpc) is 3.09. The molecule has 0 spiro atoms. The number of rotatable bonds is 3. The summed E-state index contributed by atoms with van der Waals surface area (Å²) >= 11 is 0. The molecule has 0 saturated carbocycles. The van der Waals surface area contributed by atoms with E-state index in [1.54, 1.807) is 6.07 Å². The number of carbonyl (C=O) groups is 1. The third-order valence-electron chi connectivity index (χ3n) is 3.88. The van der Waals surface area contributed by atoms with Gasteiger partial charge in [-0.2, -0.15) is 0 Å². The second-order valence-electron chi connectivity index (χ2n) is 5.49. The minimum absolute atomic E-state index is 0.115. The van der Waals surface area contributed by atoms with E-state index in [-0.39, 0.29) is 5.91 Å². The minimum Gasteiger partial charge on any atom is -0.466 e. The van der Waals surface area contributed by atoms with Crippen LogP contribution in [0, 0.1) is 13.8 Å². The molecule has 1 aromatic heterocycles. The Bertz CT molecular complexity index is 655. The summed E-state index contributed by atoms with van der Waals surface area (Å²) in [7, 11) is 0. The lowest BCUT2D eigenvalue weighted by atomic mass is 10.2. The monoisotopic (exact) mass is 284 g/mol. The maximum atomic E-state index is 12.4. The van der Waals surface area contributed by atoms with Gasteiger partial charge in [0.05, 0.1) is 16.9 Å². The van der Waals surface area contributed by atoms with Crippen molar-refractivity contribution in [2.45, 2.75) is 26.7 Å². The molecule has 1 N–H and O–H groups in total. The van der Waals surface area contributed by atoms with E-state index in [1.807, 2.05) is 32.0 Å². The molecular formula is C17H20N2O2. The molecule has 3 rings (SSSR count). The first-order valence-corrected chi connectivity index (χ1v) is 7.37. The van der Waals surface area contributed by atoms with Gasteiger partial charge in [0, 0.05) is 13.1 Å². The van der Waals surface area contributed by atoms with E-state index in [4.69, 9.17) is 4.42 Å². The van der Waals surface area contributed by atoms with Crippen molar-refractivity contribution in [1.29, 1.82) is 0 Å². The Kier molecular flexibility index (Phi) is 3.69. The zero-order valence-electron chi connectivity index (χ0n) is 12.5. The molecule has 1 fully saturated rings. The highest BCUT2D eigenvalue weighted by Crippen LogP contribution is 2.29. The number of hydrogen-bond donors (Lipinski definition) is 1. The van der Waals surface area contributed by atoms with Gasteiger partial charge in [0.1, 0.15) is 11.5 Å². The normalized spacial score (nSPS) is 14.5. The van der Waals surface area contributed by atoms with Crippen LogP contribution >= 0.6 is 0 Å². The number of aryl methyl sites for hydroxylation is 2. The minimum atomic E-state index is -0.115. The molecule has 0 unspecified atom stereocenters. The van der Waals surface area contributed by atoms with Crippen LogP contribution in [0.2, 0.25) is 0 Å². The summed E-state index contributed by atoms with van der Waals surface area (Å²) in [5, 5.41) is 3.02. The number of carbonyl (C=O) groups excluding carboxylic acids is 1. The zero-order valence-corrected chi connectivity index (χ0v) is 12.5. The highest BCUT2D eigenvalue weighted by atomic mass is 16.3. The molecule has 2 aromatic rings. The number of furan rings is 1. The topological polar surface area (TPSA) is 45.5 Å². The number of hydrogen-bond acceptors (Lipinski definition) is 3. The van der Waals surface area contributed by atoms with Crippen molar-refractivity contribution in [1.82, 2.24) is 0 Å². The summed E-state index contributed by atoms with van der Waals surface area (Å²) in [5.74, 6) is 1.30. The number of amides is 1. The van der Waals surface area contributed by atoms with E-state index >= 15 is 0 Å². The zero-order chi connectivity index (χ0) is 14.8. The molecule has 0 atom stereocenters. The number of para-hydroxylation sites is 2. The van der Waals surface area contributed by atoms with Crippen LogP contribution in [-0.4, -0.2) is 19.0 Å². The highest BCUT2D eigenvalue weighted by molar-refractivity contribution is 6.06. The largest absolute Gasteiger partial charge is 0.466 e. The predicted octanol–water partition coefficient (Wildman–Crippen LogP) is 3.75. The average molecular weight is 284 g/mol. The quantitative estimate of drug-likeness (QED) is 0.933. The van der Waals surface area contributed by atoms with E-state index in [2.05, 4.69) is 16.3 Å². The van der Waals surface area contributed by atoms with Crippen LogP contribution in [0.1, 0.15) is 34.7 Å². The smallest absolute Gasteiger partial charge is 0.259 e. The standard InChI is InChI=1S/C17H20N2O2/c1-12-11-14(13(2)21-12)17(20)18-15-7-3-4-8-16(15)19-9-5-6-10-19/h3-4,7-8,11H,5-6,9-10H2,1-2H3,(H,18,20). The second-order valence-corrected chi connectivity index (χ2v) is 5.49. The molecule has 2 heterocycles. The van der Waals surface area contributed by atoms with Gasteiger partial charge in [-0.15, -0.1) is 0 Å². The molecule has 1 aromatic carbocycles. The lowest BCUT2D eigenvalue weighted by molar-refractivity contribution is 0.102. The fourth-order valence-electron chi connectivity index (χ4n) is 2.86. The first-order valence-electron chi connectivity index (χ1n) is 7.37. The lowest BCUT2D eigenvalue weighted by Gasteiger charge is -2.21. The summed E-state index contributed by atoms with van der Waals surface area (Å²) < 4.78 is 5.43. The van der Waals surface area contributed by atoms with Crippen LogP contribution in [-0.2, 0) is 0 Å². The third-order valence-corrected chi connectivity index (χ3v) is 3.88. The molecule has 1 aliphatic heterocycles. The fraction of sp³-hybridized carbons (Fsp3) is 0.353. The molecule has 1 saturated heterocycles. The second kappa shape index (κ2) is 5.64. The third kappa shape index (κ3) is 2.79. The van der Waals surface area contributed by atoms with Crippen molar-refractivity contribution < 1.29 is 9.21 Å². The van der Waals surface area contributed by atoms with Crippen LogP contribution < -0.4 is 10.2 Å². The lowest BCUT2D eigenvalue weighted by Crippen LogP contribution is -2.21. The van der Waals surface area contributed by atoms with Gasteiger partial charge < -0.3 is 14.6 Å². The van der Waals surface area contributed by atoms with Gasteiger partial charge in [0.2, 0.25) is 0 Å². The van der Waals surface area contributed by atoms with Crippen molar-refractivity contribution in [3.63, 3.8) is 0 Å².